The minimum atomic E-state index is 0.231. The fourth-order valence-electron chi connectivity index (χ4n) is 2.91. The molecule has 0 unspecified atom stereocenters. The number of carbonyl (C=O) groups is 1. The second-order valence-corrected chi connectivity index (χ2v) is 6.06. The van der Waals surface area contributed by atoms with E-state index in [0.717, 1.165) is 32.5 Å². The molecule has 1 saturated carbocycles. The molecule has 1 amide bonds. The average Bonchev–Trinajstić information content (AvgIpc) is 3.23. The topological polar surface area (TPSA) is 44.4 Å². The molecule has 2 aliphatic rings. The molecule has 1 heterocycles. The summed E-state index contributed by atoms with van der Waals surface area (Å²) in [5.41, 5.74) is 2.72. The SMILES string of the molecule is O=C(NCCNCc1ccccc1N1CCCC1)C1CC1. The largest absolute Gasteiger partial charge is 0.371 e. The van der Waals surface area contributed by atoms with Crippen molar-refractivity contribution in [2.45, 2.75) is 32.2 Å². The highest BCUT2D eigenvalue weighted by molar-refractivity contribution is 5.80. The quantitative estimate of drug-likeness (QED) is 0.753. The van der Waals surface area contributed by atoms with E-state index >= 15 is 0 Å². The molecular formula is C17H25N3O. The third kappa shape index (κ3) is 3.97. The number of hydrogen-bond acceptors (Lipinski definition) is 3. The summed E-state index contributed by atoms with van der Waals surface area (Å²) in [6.07, 6.45) is 4.74. The maximum Gasteiger partial charge on any atom is 0.223 e. The summed E-state index contributed by atoms with van der Waals surface area (Å²) in [4.78, 5) is 14.0. The Kier molecular flexibility index (Phi) is 4.76. The minimum absolute atomic E-state index is 0.231. The molecule has 2 fully saturated rings. The van der Waals surface area contributed by atoms with Gasteiger partial charge in [0.25, 0.3) is 0 Å². The molecule has 1 aliphatic carbocycles. The molecule has 3 rings (SSSR count). The summed E-state index contributed by atoms with van der Waals surface area (Å²) >= 11 is 0. The van der Waals surface area contributed by atoms with Gasteiger partial charge in [0.15, 0.2) is 0 Å². The molecule has 0 spiro atoms. The highest BCUT2D eigenvalue weighted by atomic mass is 16.2. The Hall–Kier alpha value is -1.55. The molecule has 1 aliphatic heterocycles. The van der Waals surface area contributed by atoms with E-state index in [0.29, 0.717) is 5.92 Å². The van der Waals surface area contributed by atoms with E-state index in [1.807, 2.05) is 0 Å². The summed E-state index contributed by atoms with van der Waals surface area (Å²) in [6, 6.07) is 8.64. The molecule has 1 aromatic carbocycles. The van der Waals surface area contributed by atoms with Crippen LogP contribution in [0, 0.1) is 5.92 Å². The molecule has 0 aromatic heterocycles. The average molecular weight is 287 g/mol. The van der Waals surface area contributed by atoms with Crippen molar-refractivity contribution in [1.29, 1.82) is 0 Å². The lowest BCUT2D eigenvalue weighted by Crippen LogP contribution is -2.32. The van der Waals surface area contributed by atoms with E-state index in [2.05, 4.69) is 39.8 Å². The first-order valence-corrected chi connectivity index (χ1v) is 8.16. The number of rotatable bonds is 7. The van der Waals surface area contributed by atoms with Gasteiger partial charge in [-0.05, 0) is 37.3 Å². The second kappa shape index (κ2) is 6.94. The van der Waals surface area contributed by atoms with Gasteiger partial charge in [-0.2, -0.15) is 0 Å². The van der Waals surface area contributed by atoms with Crippen LogP contribution in [0.4, 0.5) is 5.69 Å². The van der Waals surface area contributed by atoms with Crippen LogP contribution in [0.5, 0.6) is 0 Å². The zero-order valence-electron chi connectivity index (χ0n) is 12.6. The van der Waals surface area contributed by atoms with Crippen LogP contribution in [0.3, 0.4) is 0 Å². The highest BCUT2D eigenvalue weighted by Crippen LogP contribution is 2.28. The van der Waals surface area contributed by atoms with E-state index in [4.69, 9.17) is 0 Å². The summed E-state index contributed by atoms with van der Waals surface area (Å²) < 4.78 is 0. The third-order valence-electron chi connectivity index (χ3n) is 4.30. The van der Waals surface area contributed by atoms with Crippen molar-refractivity contribution in [2.24, 2.45) is 5.92 Å². The maximum absolute atomic E-state index is 11.5. The Morgan fingerprint density at radius 2 is 1.90 bits per heavy atom. The normalized spacial score (nSPS) is 18.0. The molecule has 0 bridgehead atoms. The van der Waals surface area contributed by atoms with Crippen molar-refractivity contribution < 1.29 is 4.79 Å². The van der Waals surface area contributed by atoms with Gasteiger partial charge in [0.05, 0.1) is 0 Å². The van der Waals surface area contributed by atoms with Crippen molar-refractivity contribution in [1.82, 2.24) is 10.6 Å². The van der Waals surface area contributed by atoms with Crippen LogP contribution in [0.15, 0.2) is 24.3 Å². The summed E-state index contributed by atoms with van der Waals surface area (Å²) in [6.45, 7) is 4.77. The van der Waals surface area contributed by atoms with Crippen LogP contribution in [0.25, 0.3) is 0 Å². The van der Waals surface area contributed by atoms with Gasteiger partial charge in [-0.1, -0.05) is 18.2 Å². The van der Waals surface area contributed by atoms with Crippen LogP contribution < -0.4 is 15.5 Å². The molecule has 21 heavy (non-hydrogen) atoms. The van der Waals surface area contributed by atoms with Gasteiger partial charge in [-0.3, -0.25) is 4.79 Å². The standard InChI is InChI=1S/C17H25N3O/c21-17(14-7-8-14)19-10-9-18-13-15-5-1-2-6-16(15)20-11-3-4-12-20/h1-2,5-6,14,18H,3-4,7-13H2,(H,19,21). The second-order valence-electron chi connectivity index (χ2n) is 6.06. The lowest BCUT2D eigenvalue weighted by Gasteiger charge is -2.21. The number of nitrogens with zero attached hydrogens (tertiary/aromatic N) is 1. The fraction of sp³-hybridized carbons (Fsp3) is 0.588. The number of carbonyl (C=O) groups excluding carboxylic acids is 1. The van der Waals surface area contributed by atoms with Gasteiger partial charge in [0.2, 0.25) is 5.91 Å². The first-order valence-electron chi connectivity index (χ1n) is 8.16. The molecule has 114 valence electrons. The van der Waals surface area contributed by atoms with Crippen molar-refractivity contribution in [3.05, 3.63) is 29.8 Å². The van der Waals surface area contributed by atoms with Crippen molar-refractivity contribution in [3.8, 4) is 0 Å². The van der Waals surface area contributed by atoms with E-state index in [1.54, 1.807) is 0 Å². The predicted molar refractivity (Wildman–Crippen MR) is 85.3 cm³/mol. The van der Waals surface area contributed by atoms with Gasteiger partial charge in [-0.15, -0.1) is 0 Å². The maximum atomic E-state index is 11.5. The Bertz CT molecular complexity index is 479. The molecule has 4 nitrogen and oxygen atoms in total. The lowest BCUT2D eigenvalue weighted by molar-refractivity contribution is -0.122. The zero-order chi connectivity index (χ0) is 14.5. The van der Waals surface area contributed by atoms with Gasteiger partial charge in [0.1, 0.15) is 0 Å². The summed E-state index contributed by atoms with van der Waals surface area (Å²) in [5, 5.41) is 6.43. The van der Waals surface area contributed by atoms with Crippen LogP contribution >= 0.6 is 0 Å². The van der Waals surface area contributed by atoms with Crippen molar-refractivity contribution >= 4 is 11.6 Å². The minimum Gasteiger partial charge on any atom is -0.371 e. The molecule has 1 aromatic rings. The number of amides is 1. The number of anilines is 1. The molecule has 0 atom stereocenters. The van der Waals surface area contributed by atoms with Crippen LogP contribution in [0.1, 0.15) is 31.2 Å². The fourth-order valence-corrected chi connectivity index (χ4v) is 2.91. The smallest absolute Gasteiger partial charge is 0.223 e. The first kappa shape index (κ1) is 14.4. The Labute approximate surface area is 126 Å². The lowest BCUT2D eigenvalue weighted by atomic mass is 10.1. The van der Waals surface area contributed by atoms with E-state index in [9.17, 15) is 4.79 Å². The Balaban J connectivity index is 1.43. The van der Waals surface area contributed by atoms with Gasteiger partial charge >= 0.3 is 0 Å². The number of nitrogens with one attached hydrogen (secondary N) is 2. The van der Waals surface area contributed by atoms with Gasteiger partial charge < -0.3 is 15.5 Å². The van der Waals surface area contributed by atoms with E-state index in [-0.39, 0.29) is 5.91 Å². The Morgan fingerprint density at radius 1 is 1.14 bits per heavy atom. The first-order chi connectivity index (χ1) is 10.3. The molecule has 1 saturated heterocycles. The van der Waals surface area contributed by atoms with Crippen LogP contribution in [-0.4, -0.2) is 32.1 Å². The van der Waals surface area contributed by atoms with E-state index < -0.39 is 0 Å². The number of para-hydroxylation sites is 1. The monoisotopic (exact) mass is 287 g/mol. The third-order valence-corrected chi connectivity index (χ3v) is 4.30. The van der Waals surface area contributed by atoms with Crippen LogP contribution in [0.2, 0.25) is 0 Å². The molecule has 2 N–H and O–H groups in total. The summed E-state index contributed by atoms with van der Waals surface area (Å²) in [5.74, 6) is 0.537. The molecule has 0 radical (unpaired) electrons. The van der Waals surface area contributed by atoms with Gasteiger partial charge in [0, 0.05) is 44.3 Å². The van der Waals surface area contributed by atoms with Gasteiger partial charge in [-0.25, -0.2) is 0 Å². The molecular weight excluding hydrogens is 262 g/mol. The number of benzene rings is 1. The van der Waals surface area contributed by atoms with E-state index in [1.165, 1.54) is 37.2 Å². The summed E-state index contributed by atoms with van der Waals surface area (Å²) in [7, 11) is 0. The number of hydrogen-bond donors (Lipinski definition) is 2. The van der Waals surface area contributed by atoms with Crippen molar-refractivity contribution in [3.63, 3.8) is 0 Å². The highest BCUT2D eigenvalue weighted by Gasteiger charge is 2.28. The van der Waals surface area contributed by atoms with Crippen molar-refractivity contribution in [2.75, 3.05) is 31.1 Å². The predicted octanol–water partition coefficient (Wildman–Crippen LogP) is 1.90. The molecule has 4 heteroatoms. The van der Waals surface area contributed by atoms with Crippen LogP contribution in [-0.2, 0) is 11.3 Å². The zero-order valence-corrected chi connectivity index (χ0v) is 12.6. The Morgan fingerprint density at radius 3 is 2.67 bits per heavy atom.